The number of carboxylic acids is 1. The summed E-state index contributed by atoms with van der Waals surface area (Å²) in [7, 11) is 0. The van der Waals surface area contributed by atoms with Crippen LogP contribution in [0.1, 0.15) is 20.8 Å². The molecule has 0 radical (unpaired) electrons. The summed E-state index contributed by atoms with van der Waals surface area (Å²) in [6, 6.07) is 30.4. The summed E-state index contributed by atoms with van der Waals surface area (Å²) in [5.41, 5.74) is 2.69. The van der Waals surface area contributed by atoms with Gasteiger partial charge in [-0.3, -0.25) is 0 Å². The van der Waals surface area contributed by atoms with Crippen LogP contribution in [0, 0.1) is 0 Å². The topological polar surface area (TPSA) is 75.5 Å². The molecule has 0 spiro atoms. The van der Waals surface area contributed by atoms with Gasteiger partial charge in [-0.15, -0.1) is 11.3 Å². The number of carboxylic acid groups (broad SMARTS) is 1. The quantitative estimate of drug-likeness (QED) is 0.241. The van der Waals surface area contributed by atoms with Gasteiger partial charge in [0, 0.05) is 23.2 Å². The molecule has 1 N–H and O–H groups in total. The van der Waals surface area contributed by atoms with Crippen LogP contribution in [0.3, 0.4) is 0 Å². The van der Waals surface area contributed by atoms with E-state index >= 15 is 0 Å². The van der Waals surface area contributed by atoms with Crippen LogP contribution in [-0.2, 0) is 13.1 Å². The van der Waals surface area contributed by atoms with E-state index in [-0.39, 0.29) is 5.56 Å². The first-order valence-corrected chi connectivity index (χ1v) is 12.3. The van der Waals surface area contributed by atoms with Gasteiger partial charge in [-0.1, -0.05) is 42.5 Å². The zero-order valence-corrected chi connectivity index (χ0v) is 20.1. The molecule has 2 aromatic heterocycles. The normalized spacial score (nSPS) is 10.7. The van der Waals surface area contributed by atoms with Gasteiger partial charge in [-0.2, -0.15) is 0 Å². The number of aromatic carboxylic acids is 1. The molecule has 0 fully saturated rings. The Labute approximate surface area is 213 Å². The lowest BCUT2D eigenvalue weighted by Crippen LogP contribution is -2.25. The van der Waals surface area contributed by atoms with E-state index in [4.69, 9.17) is 9.72 Å². The van der Waals surface area contributed by atoms with Crippen molar-refractivity contribution < 1.29 is 14.6 Å². The van der Waals surface area contributed by atoms with Gasteiger partial charge in [0.2, 0.25) is 5.95 Å². The highest BCUT2D eigenvalue weighted by Crippen LogP contribution is 2.27. The maximum absolute atomic E-state index is 11.8. The lowest BCUT2D eigenvalue weighted by atomic mass is 10.1. The Morgan fingerprint density at radius 3 is 2.33 bits per heavy atom. The first-order valence-electron chi connectivity index (χ1n) is 11.4. The van der Waals surface area contributed by atoms with Crippen LogP contribution in [0.2, 0.25) is 0 Å². The number of rotatable bonds is 9. The molecular weight excluding hydrogens is 470 g/mol. The summed E-state index contributed by atoms with van der Waals surface area (Å²) in [6.45, 7) is 0.937. The number of benzene rings is 3. The number of hydrogen-bond donors (Lipinski definition) is 1. The fourth-order valence-corrected chi connectivity index (χ4v) is 4.56. The van der Waals surface area contributed by atoms with Crippen LogP contribution in [0.5, 0.6) is 11.5 Å². The molecule has 7 heteroatoms. The summed E-state index contributed by atoms with van der Waals surface area (Å²) >= 11 is 1.64. The van der Waals surface area contributed by atoms with Gasteiger partial charge >= 0.3 is 5.97 Å². The van der Waals surface area contributed by atoms with Gasteiger partial charge in [0.25, 0.3) is 0 Å². The number of para-hydroxylation sites is 1. The summed E-state index contributed by atoms with van der Waals surface area (Å²) < 4.78 is 5.90. The molecule has 0 saturated carbocycles. The number of aromatic nitrogens is 2. The van der Waals surface area contributed by atoms with Gasteiger partial charge in [-0.05, 0) is 65.5 Å². The average molecular weight is 494 g/mol. The minimum atomic E-state index is -0.950. The minimum Gasteiger partial charge on any atom is -0.478 e. The molecule has 0 amide bonds. The number of ether oxygens (including phenoxy) is 1. The van der Waals surface area contributed by atoms with Crippen LogP contribution in [0.4, 0.5) is 5.95 Å². The molecule has 5 rings (SSSR count). The fraction of sp³-hybridized carbons (Fsp3) is 0.0690. The standard InChI is InChI=1S/C29H23N3O3S/c33-28(34)26-11-5-4-7-22(26)19-32(20-25-10-6-18-36-25)29-30-17-16-27(31-29)21-12-14-24(15-13-21)35-23-8-2-1-3-9-23/h1-18H,19-20H2,(H,33,34). The van der Waals surface area contributed by atoms with E-state index in [9.17, 15) is 9.90 Å². The smallest absolute Gasteiger partial charge is 0.336 e. The van der Waals surface area contributed by atoms with E-state index in [1.165, 1.54) is 0 Å². The van der Waals surface area contributed by atoms with Gasteiger partial charge in [0.05, 0.1) is 17.8 Å². The predicted molar refractivity (Wildman–Crippen MR) is 142 cm³/mol. The highest BCUT2D eigenvalue weighted by atomic mass is 32.1. The monoisotopic (exact) mass is 493 g/mol. The third-order valence-electron chi connectivity index (χ3n) is 5.59. The molecule has 36 heavy (non-hydrogen) atoms. The highest BCUT2D eigenvalue weighted by Gasteiger charge is 2.17. The molecule has 0 unspecified atom stereocenters. The third kappa shape index (κ3) is 5.59. The van der Waals surface area contributed by atoms with Crippen LogP contribution >= 0.6 is 11.3 Å². The van der Waals surface area contributed by atoms with E-state index in [2.05, 4.69) is 11.1 Å². The van der Waals surface area contributed by atoms with Crippen LogP contribution in [0.25, 0.3) is 11.3 Å². The SMILES string of the molecule is O=C(O)c1ccccc1CN(Cc1cccs1)c1nccc(-c2ccc(Oc3ccccc3)cc2)n1. The molecule has 0 aliphatic carbocycles. The molecule has 0 atom stereocenters. The maximum Gasteiger partial charge on any atom is 0.336 e. The van der Waals surface area contributed by atoms with Crippen molar-refractivity contribution in [3.05, 3.63) is 125 Å². The van der Waals surface area contributed by atoms with Crippen LogP contribution in [-0.4, -0.2) is 21.0 Å². The maximum atomic E-state index is 11.8. The Morgan fingerprint density at radius 2 is 1.58 bits per heavy atom. The van der Waals surface area contributed by atoms with Gasteiger partial charge in [0.15, 0.2) is 0 Å². The first kappa shape index (κ1) is 23.3. The second-order valence-corrected chi connectivity index (χ2v) is 9.11. The largest absolute Gasteiger partial charge is 0.478 e. The first-order chi connectivity index (χ1) is 17.7. The average Bonchev–Trinajstić information content (AvgIpc) is 3.43. The van der Waals surface area contributed by atoms with Crippen molar-refractivity contribution in [2.24, 2.45) is 0 Å². The Kier molecular flexibility index (Phi) is 7.00. The number of carbonyl (C=O) groups is 1. The molecule has 0 aliphatic rings. The minimum absolute atomic E-state index is 0.277. The van der Waals surface area contributed by atoms with E-state index in [0.29, 0.717) is 24.6 Å². The molecule has 178 valence electrons. The number of nitrogens with zero attached hydrogens (tertiary/aromatic N) is 3. The van der Waals surface area contributed by atoms with Crippen molar-refractivity contribution in [3.63, 3.8) is 0 Å². The van der Waals surface area contributed by atoms with E-state index < -0.39 is 5.97 Å². The summed E-state index contributed by atoms with van der Waals surface area (Å²) in [4.78, 5) is 24.3. The summed E-state index contributed by atoms with van der Waals surface area (Å²) in [5, 5.41) is 11.7. The van der Waals surface area contributed by atoms with Crippen molar-refractivity contribution in [1.29, 1.82) is 0 Å². The lowest BCUT2D eigenvalue weighted by molar-refractivity contribution is 0.0695. The van der Waals surface area contributed by atoms with Crippen LogP contribution < -0.4 is 9.64 Å². The fourth-order valence-electron chi connectivity index (χ4n) is 3.84. The van der Waals surface area contributed by atoms with Crippen molar-refractivity contribution in [2.75, 3.05) is 4.90 Å². The number of anilines is 1. The third-order valence-corrected chi connectivity index (χ3v) is 6.45. The second-order valence-electron chi connectivity index (χ2n) is 8.08. The second kappa shape index (κ2) is 10.8. The molecule has 3 aromatic carbocycles. The van der Waals surface area contributed by atoms with Crippen molar-refractivity contribution in [2.45, 2.75) is 13.1 Å². The van der Waals surface area contributed by atoms with Crippen molar-refractivity contribution in [1.82, 2.24) is 9.97 Å². The summed E-state index contributed by atoms with van der Waals surface area (Å²) in [6.07, 6.45) is 1.73. The zero-order chi connectivity index (χ0) is 24.7. The lowest BCUT2D eigenvalue weighted by Gasteiger charge is -2.23. The number of thiophene rings is 1. The van der Waals surface area contributed by atoms with E-state index in [0.717, 1.165) is 27.6 Å². The Morgan fingerprint density at radius 1 is 0.833 bits per heavy atom. The Hall–Kier alpha value is -4.49. The molecule has 5 aromatic rings. The molecule has 0 aliphatic heterocycles. The molecule has 6 nitrogen and oxygen atoms in total. The van der Waals surface area contributed by atoms with Crippen molar-refractivity contribution in [3.8, 4) is 22.8 Å². The highest BCUT2D eigenvalue weighted by molar-refractivity contribution is 7.09. The predicted octanol–water partition coefficient (Wildman–Crippen LogP) is 6.90. The van der Waals surface area contributed by atoms with E-state index in [1.54, 1.807) is 29.7 Å². The van der Waals surface area contributed by atoms with Gasteiger partial charge in [0.1, 0.15) is 11.5 Å². The Bertz CT molecular complexity index is 1440. The Balaban J connectivity index is 1.42. The van der Waals surface area contributed by atoms with Gasteiger partial charge in [-0.25, -0.2) is 14.8 Å². The molecular formula is C29H23N3O3S. The zero-order valence-electron chi connectivity index (χ0n) is 19.3. The van der Waals surface area contributed by atoms with Crippen molar-refractivity contribution >= 4 is 23.3 Å². The molecule has 2 heterocycles. The molecule has 0 bridgehead atoms. The van der Waals surface area contributed by atoms with Crippen LogP contribution in [0.15, 0.2) is 109 Å². The molecule has 0 saturated heterocycles. The van der Waals surface area contributed by atoms with Gasteiger partial charge < -0.3 is 14.7 Å². The summed E-state index contributed by atoms with van der Waals surface area (Å²) in [5.74, 6) is 1.10. The number of hydrogen-bond acceptors (Lipinski definition) is 6. The van der Waals surface area contributed by atoms with E-state index in [1.807, 2.05) is 89.1 Å².